The Bertz CT molecular complexity index is 671. The third-order valence-electron chi connectivity index (χ3n) is 4.23. The quantitative estimate of drug-likeness (QED) is 0.875. The lowest BCUT2D eigenvalue weighted by Crippen LogP contribution is -2.51. The SMILES string of the molecule is Cc1ccc(C(=O)N2CCN(C(=O)CCNC(=O)OC(C)(C)C)CC2)cc1. The fourth-order valence-electron chi connectivity index (χ4n) is 2.78. The Labute approximate surface area is 160 Å². The van der Waals surface area contributed by atoms with E-state index in [9.17, 15) is 14.4 Å². The molecule has 2 rings (SSSR count). The summed E-state index contributed by atoms with van der Waals surface area (Å²) in [7, 11) is 0. The van der Waals surface area contributed by atoms with Crippen LogP contribution in [0.5, 0.6) is 0 Å². The second kappa shape index (κ2) is 8.88. The highest BCUT2D eigenvalue weighted by Gasteiger charge is 2.25. The Morgan fingerprint density at radius 1 is 1.00 bits per heavy atom. The fourth-order valence-corrected chi connectivity index (χ4v) is 2.78. The minimum atomic E-state index is -0.561. The number of alkyl carbamates (subject to hydrolysis) is 1. The molecule has 0 radical (unpaired) electrons. The normalized spacial score (nSPS) is 14.7. The summed E-state index contributed by atoms with van der Waals surface area (Å²) in [5, 5.41) is 2.59. The molecule has 1 aliphatic rings. The zero-order chi connectivity index (χ0) is 20.0. The van der Waals surface area contributed by atoms with Crippen molar-refractivity contribution in [2.75, 3.05) is 32.7 Å². The molecule has 1 N–H and O–H groups in total. The van der Waals surface area contributed by atoms with Gasteiger partial charge in [0, 0.05) is 44.7 Å². The van der Waals surface area contributed by atoms with Crippen LogP contribution in [-0.4, -0.2) is 66.0 Å². The molecule has 0 unspecified atom stereocenters. The Morgan fingerprint density at radius 2 is 1.56 bits per heavy atom. The maximum absolute atomic E-state index is 12.5. The molecule has 7 heteroatoms. The summed E-state index contributed by atoms with van der Waals surface area (Å²) in [4.78, 5) is 39.9. The first-order chi connectivity index (χ1) is 12.7. The summed E-state index contributed by atoms with van der Waals surface area (Å²) in [5.74, 6) is -0.0396. The molecule has 27 heavy (non-hydrogen) atoms. The van der Waals surface area contributed by atoms with Crippen LogP contribution in [-0.2, 0) is 9.53 Å². The van der Waals surface area contributed by atoms with Gasteiger partial charge in [0.05, 0.1) is 0 Å². The van der Waals surface area contributed by atoms with Crippen molar-refractivity contribution in [3.8, 4) is 0 Å². The van der Waals surface area contributed by atoms with E-state index in [1.807, 2.05) is 31.2 Å². The molecular weight excluding hydrogens is 346 g/mol. The van der Waals surface area contributed by atoms with Crippen molar-refractivity contribution in [3.05, 3.63) is 35.4 Å². The van der Waals surface area contributed by atoms with Crippen molar-refractivity contribution in [2.24, 2.45) is 0 Å². The van der Waals surface area contributed by atoms with Crippen LogP contribution in [0.1, 0.15) is 43.1 Å². The maximum atomic E-state index is 12.5. The number of hydrogen-bond acceptors (Lipinski definition) is 4. The van der Waals surface area contributed by atoms with Crippen LogP contribution in [0.3, 0.4) is 0 Å². The molecule has 1 aliphatic heterocycles. The lowest BCUT2D eigenvalue weighted by molar-refractivity contribution is -0.132. The molecule has 0 bridgehead atoms. The van der Waals surface area contributed by atoms with E-state index in [4.69, 9.17) is 4.74 Å². The van der Waals surface area contributed by atoms with E-state index in [2.05, 4.69) is 5.32 Å². The van der Waals surface area contributed by atoms with Crippen molar-refractivity contribution >= 4 is 17.9 Å². The average Bonchev–Trinajstić information content (AvgIpc) is 2.60. The topological polar surface area (TPSA) is 79.0 Å². The van der Waals surface area contributed by atoms with Crippen molar-refractivity contribution in [2.45, 2.75) is 39.7 Å². The molecule has 1 aromatic carbocycles. The highest BCUT2D eigenvalue weighted by Crippen LogP contribution is 2.11. The lowest BCUT2D eigenvalue weighted by Gasteiger charge is -2.35. The van der Waals surface area contributed by atoms with Crippen LogP contribution in [0.4, 0.5) is 4.79 Å². The van der Waals surface area contributed by atoms with Crippen molar-refractivity contribution in [3.63, 3.8) is 0 Å². The van der Waals surface area contributed by atoms with Gasteiger partial charge in [0.25, 0.3) is 5.91 Å². The molecule has 0 spiro atoms. The van der Waals surface area contributed by atoms with Crippen LogP contribution in [0.15, 0.2) is 24.3 Å². The summed E-state index contributed by atoms with van der Waals surface area (Å²) in [6.07, 6.45) is -0.311. The Kier molecular flexibility index (Phi) is 6.82. The van der Waals surface area contributed by atoms with Gasteiger partial charge in [-0.15, -0.1) is 0 Å². The van der Waals surface area contributed by atoms with Gasteiger partial charge in [-0.25, -0.2) is 4.79 Å². The van der Waals surface area contributed by atoms with E-state index in [1.165, 1.54) is 0 Å². The van der Waals surface area contributed by atoms with Crippen molar-refractivity contribution in [1.82, 2.24) is 15.1 Å². The minimum Gasteiger partial charge on any atom is -0.444 e. The van der Waals surface area contributed by atoms with Gasteiger partial charge in [-0.2, -0.15) is 0 Å². The number of rotatable bonds is 4. The van der Waals surface area contributed by atoms with Gasteiger partial charge in [-0.1, -0.05) is 17.7 Å². The van der Waals surface area contributed by atoms with Gasteiger partial charge in [0.2, 0.25) is 5.91 Å². The van der Waals surface area contributed by atoms with Crippen LogP contribution in [0, 0.1) is 6.92 Å². The summed E-state index contributed by atoms with van der Waals surface area (Å²) < 4.78 is 5.14. The number of amides is 3. The van der Waals surface area contributed by atoms with Crippen LogP contribution in [0.2, 0.25) is 0 Å². The smallest absolute Gasteiger partial charge is 0.407 e. The van der Waals surface area contributed by atoms with E-state index < -0.39 is 11.7 Å². The third kappa shape index (κ3) is 6.58. The molecule has 1 saturated heterocycles. The lowest BCUT2D eigenvalue weighted by atomic mass is 10.1. The molecule has 3 amide bonds. The monoisotopic (exact) mass is 375 g/mol. The number of nitrogens with zero attached hydrogens (tertiary/aromatic N) is 2. The van der Waals surface area contributed by atoms with Crippen LogP contribution in [0.25, 0.3) is 0 Å². The second-order valence-electron chi connectivity index (χ2n) is 7.72. The fraction of sp³-hybridized carbons (Fsp3) is 0.550. The number of nitrogens with one attached hydrogen (secondary N) is 1. The number of piperazine rings is 1. The third-order valence-corrected chi connectivity index (χ3v) is 4.23. The molecule has 148 valence electrons. The molecule has 1 heterocycles. The Balaban J connectivity index is 1.73. The maximum Gasteiger partial charge on any atom is 0.407 e. The number of carbonyl (C=O) groups excluding carboxylic acids is 3. The Morgan fingerprint density at radius 3 is 2.11 bits per heavy atom. The van der Waals surface area contributed by atoms with Gasteiger partial charge in [-0.05, 0) is 39.8 Å². The first-order valence-electron chi connectivity index (χ1n) is 9.26. The van der Waals surface area contributed by atoms with Crippen molar-refractivity contribution in [1.29, 1.82) is 0 Å². The zero-order valence-electron chi connectivity index (χ0n) is 16.6. The molecular formula is C20H29N3O4. The molecule has 1 fully saturated rings. The summed E-state index contributed by atoms with van der Waals surface area (Å²) in [6.45, 7) is 9.60. The largest absolute Gasteiger partial charge is 0.444 e. The van der Waals surface area contributed by atoms with Crippen LogP contribution >= 0.6 is 0 Å². The molecule has 0 aromatic heterocycles. The van der Waals surface area contributed by atoms with Gasteiger partial charge < -0.3 is 19.9 Å². The number of benzene rings is 1. The van der Waals surface area contributed by atoms with Gasteiger partial charge >= 0.3 is 6.09 Å². The van der Waals surface area contributed by atoms with E-state index in [1.54, 1.807) is 30.6 Å². The molecule has 1 aromatic rings. The van der Waals surface area contributed by atoms with E-state index in [0.29, 0.717) is 31.7 Å². The number of hydrogen-bond donors (Lipinski definition) is 1. The highest BCUT2D eigenvalue weighted by molar-refractivity contribution is 5.94. The zero-order valence-corrected chi connectivity index (χ0v) is 16.6. The van der Waals surface area contributed by atoms with Gasteiger partial charge in [0.1, 0.15) is 5.60 Å². The van der Waals surface area contributed by atoms with Gasteiger partial charge in [0.15, 0.2) is 0 Å². The predicted molar refractivity (Wildman–Crippen MR) is 103 cm³/mol. The summed E-state index contributed by atoms with van der Waals surface area (Å²) >= 11 is 0. The average molecular weight is 375 g/mol. The Hall–Kier alpha value is -2.57. The summed E-state index contributed by atoms with van der Waals surface area (Å²) in [6, 6.07) is 7.50. The first-order valence-corrected chi connectivity index (χ1v) is 9.26. The van der Waals surface area contributed by atoms with E-state index in [0.717, 1.165) is 5.56 Å². The minimum absolute atomic E-state index is 0.00584. The number of carbonyl (C=O) groups is 3. The van der Waals surface area contributed by atoms with Crippen LogP contribution < -0.4 is 5.32 Å². The number of ether oxygens (including phenoxy) is 1. The predicted octanol–water partition coefficient (Wildman–Crippen LogP) is 2.19. The van der Waals surface area contributed by atoms with E-state index in [-0.39, 0.29) is 24.8 Å². The van der Waals surface area contributed by atoms with Crippen molar-refractivity contribution < 1.29 is 19.1 Å². The molecule has 0 atom stereocenters. The highest BCUT2D eigenvalue weighted by atomic mass is 16.6. The molecule has 0 saturated carbocycles. The standard InChI is InChI=1S/C20H29N3O4/c1-15-5-7-16(8-6-15)18(25)23-13-11-22(12-14-23)17(24)9-10-21-19(26)27-20(2,3)4/h5-8H,9-14H2,1-4H3,(H,21,26). The van der Waals surface area contributed by atoms with Gasteiger partial charge in [-0.3, -0.25) is 9.59 Å². The number of aryl methyl sites for hydroxylation is 1. The van der Waals surface area contributed by atoms with E-state index >= 15 is 0 Å². The first kappa shape index (κ1) is 20.7. The summed E-state index contributed by atoms with van der Waals surface area (Å²) in [5.41, 5.74) is 1.22. The second-order valence-corrected chi connectivity index (χ2v) is 7.72. The molecule has 7 nitrogen and oxygen atoms in total. The molecule has 0 aliphatic carbocycles.